The molecular weight excluding hydrogens is 1430 g/mol. The van der Waals surface area contributed by atoms with Crippen molar-refractivity contribution < 1.29 is 102 Å². The molecule has 0 saturated carbocycles. The SMILES string of the molecule is CC(C)(C)OC(=O)N[C@@H]1C(=O)N[C@@H]2Cc3ccc(c(Cl)c3)Oc3cc4cc(c3OCc3ccccc3)Oc3ccc(cc3Cl)[C@@H](O)[C@@H]3NC(=O)[C@H](NC(=O)[C@@H]4NC(=O)[C@@H](NC2=O)c2cc(O)cc(c2)Oc2cc1ccc2O)c1ccc(O)c(c1)-c1c(O)cc(O)cc1[C@@H](C(=O)OC(=O)c1ccccc1)NC3=O. The number of aliphatic hydroxyl groups is 1. The highest BCUT2D eigenvalue weighted by Crippen LogP contribution is 2.49. The summed E-state index contributed by atoms with van der Waals surface area (Å²) in [5.74, 6) is -15.5. The molecule has 30 heteroatoms. The molecule has 9 aromatic carbocycles. The number of nitrogens with one attached hydrogen (secondary N) is 7. The minimum atomic E-state index is -2.28. The summed E-state index contributed by atoms with van der Waals surface area (Å²) in [5.41, 5.74) is -2.93. The maximum atomic E-state index is 16.3. The van der Waals surface area contributed by atoms with Crippen LogP contribution in [0.1, 0.15) is 112 Å². The summed E-state index contributed by atoms with van der Waals surface area (Å²) in [7, 11) is 0. The Morgan fingerprint density at radius 3 is 1.79 bits per heavy atom. The molecule has 0 aliphatic carbocycles. The number of halogens is 2. The predicted octanol–water partition coefficient (Wildman–Crippen LogP) is 9.72. The van der Waals surface area contributed by atoms with Gasteiger partial charge in [0.1, 0.15) is 94.8 Å². The molecule has 6 heterocycles. The Morgan fingerprint density at radius 1 is 0.523 bits per heavy atom. The van der Waals surface area contributed by atoms with Crippen molar-refractivity contribution in [1.82, 2.24) is 37.2 Å². The molecule has 0 aromatic heterocycles. The third kappa shape index (κ3) is 15.7. The van der Waals surface area contributed by atoms with Crippen LogP contribution in [0.25, 0.3) is 11.1 Å². The standard InChI is InChI=1S/C77H63Cl2N7O21/c1-77(2,3)107-76(101)86-61-39-16-19-52(90)56(28-39)103-45-25-41(24-43(87)31-45)62-71(96)83-63-42-29-57(104-54-20-14-36(22-48(54)78)23-50(68(93)81-62)80-69(61)94)67(102-34-35-10-6-4-7-11-35)58(30-42)105-55-21-17-40(27-49(55)79)66(92)65-73(98)84-64(75(100)106-74(99)37-12-8-5-9-13-37)47-32-44(88)33-53(91)59(47)46-26-38(15-18-51(46)89)60(70(95)85-65)82-72(63)97/h4-22,24-33,50,60-66,87-92H,23,34H2,1-3H3,(H,80,94)(H,81,93)(H,82,97)(H,83,96)(H,84,98)(H,85,95)(H,86,101)/t50-,60-,61+,62+,63-,64+,65+,66-/m1/s1. The van der Waals surface area contributed by atoms with Crippen molar-refractivity contribution in [2.24, 2.45) is 0 Å². The number of phenolic OH excluding ortho intramolecular Hbond substituents is 5. The van der Waals surface area contributed by atoms with Crippen LogP contribution in [0.4, 0.5) is 4.79 Å². The Kier molecular flexibility index (Phi) is 20.0. The second-order valence-electron chi connectivity index (χ2n) is 26.2. The van der Waals surface area contributed by atoms with Gasteiger partial charge in [0.15, 0.2) is 29.0 Å². The molecule has 28 nitrogen and oxygen atoms in total. The van der Waals surface area contributed by atoms with E-state index in [9.17, 15) is 45.0 Å². The zero-order chi connectivity index (χ0) is 75.9. The van der Waals surface area contributed by atoms with Gasteiger partial charge in [-0.3, -0.25) is 28.8 Å². The van der Waals surface area contributed by atoms with Crippen LogP contribution in [0, 0.1) is 0 Å². The fourth-order valence-electron chi connectivity index (χ4n) is 12.4. The number of fused-ring (bicyclic) bond motifs is 14. The summed E-state index contributed by atoms with van der Waals surface area (Å²) in [6.45, 7) is 4.53. The van der Waals surface area contributed by atoms with E-state index in [2.05, 4.69) is 37.2 Å². The molecular formula is C77H63Cl2N7O21. The number of benzene rings is 9. The van der Waals surface area contributed by atoms with Gasteiger partial charge in [0, 0.05) is 35.2 Å². The average Bonchev–Trinajstić information content (AvgIpc) is 0.767. The summed E-state index contributed by atoms with van der Waals surface area (Å²) >= 11 is 14.3. The molecule has 0 spiro atoms. The highest BCUT2D eigenvalue weighted by molar-refractivity contribution is 6.32. The average molecular weight is 1490 g/mol. The van der Waals surface area contributed by atoms with Gasteiger partial charge in [-0.15, -0.1) is 0 Å². The lowest BCUT2D eigenvalue weighted by Gasteiger charge is -2.31. The summed E-state index contributed by atoms with van der Waals surface area (Å²) in [4.78, 5) is 136. The molecule has 0 fully saturated rings. The van der Waals surface area contributed by atoms with E-state index >= 15 is 28.8 Å². The molecule has 8 atom stereocenters. The van der Waals surface area contributed by atoms with Crippen LogP contribution in [0.2, 0.25) is 10.0 Å². The van der Waals surface area contributed by atoms with Crippen molar-refractivity contribution in [1.29, 1.82) is 0 Å². The fourth-order valence-corrected chi connectivity index (χ4v) is 12.9. The third-order valence-corrected chi connectivity index (χ3v) is 18.0. The molecule has 546 valence electrons. The van der Waals surface area contributed by atoms with Gasteiger partial charge in [-0.05, 0) is 151 Å². The molecule has 0 radical (unpaired) electrons. The van der Waals surface area contributed by atoms with Crippen molar-refractivity contribution in [3.8, 4) is 80.1 Å². The van der Waals surface area contributed by atoms with Crippen LogP contribution < -0.4 is 56.2 Å². The van der Waals surface area contributed by atoms with Crippen molar-refractivity contribution in [2.45, 2.75) is 87.8 Å². The number of ether oxygens (including phenoxy) is 6. The molecule has 13 N–H and O–H groups in total. The quantitative estimate of drug-likeness (QED) is 0.0544. The molecule has 15 rings (SSSR count). The van der Waals surface area contributed by atoms with Crippen LogP contribution in [0.15, 0.2) is 176 Å². The summed E-state index contributed by atoms with van der Waals surface area (Å²) in [6.07, 6.45) is -3.71. The van der Waals surface area contributed by atoms with E-state index in [-0.39, 0.29) is 95.8 Å². The highest BCUT2D eigenvalue weighted by Gasteiger charge is 2.43. The van der Waals surface area contributed by atoms with Gasteiger partial charge in [0.25, 0.3) is 0 Å². The molecule has 17 bridgehead atoms. The Bertz CT molecular complexity index is 5140. The third-order valence-electron chi connectivity index (χ3n) is 17.5. The molecule has 7 amide bonds. The summed E-state index contributed by atoms with van der Waals surface area (Å²) in [5, 5.41) is 87.9. The van der Waals surface area contributed by atoms with E-state index in [1.165, 1.54) is 84.9 Å². The van der Waals surface area contributed by atoms with Gasteiger partial charge in [-0.2, -0.15) is 0 Å². The topological polar surface area (TPSA) is 415 Å². The smallest absolute Gasteiger partial charge is 0.408 e. The number of amides is 7. The number of phenols is 5. The number of hydrogen-bond acceptors (Lipinski definition) is 21. The van der Waals surface area contributed by atoms with Crippen molar-refractivity contribution >= 4 is 76.7 Å². The van der Waals surface area contributed by atoms with E-state index in [0.29, 0.717) is 5.56 Å². The second-order valence-corrected chi connectivity index (χ2v) is 27.0. The first-order valence-electron chi connectivity index (χ1n) is 32.9. The zero-order valence-corrected chi connectivity index (χ0v) is 57.9. The van der Waals surface area contributed by atoms with Gasteiger partial charge >= 0.3 is 18.0 Å². The van der Waals surface area contributed by atoms with Crippen LogP contribution in [-0.2, 0) is 56.1 Å². The number of carbonyl (C=O) groups is 9. The number of esters is 2. The lowest BCUT2D eigenvalue weighted by Crippen LogP contribution is -2.55. The van der Waals surface area contributed by atoms with Crippen LogP contribution >= 0.6 is 23.2 Å². The first-order chi connectivity index (χ1) is 51.1. The van der Waals surface area contributed by atoms with Gasteiger partial charge in [0.2, 0.25) is 41.2 Å². The van der Waals surface area contributed by atoms with Crippen LogP contribution in [0.5, 0.6) is 69.0 Å². The number of hydrogen-bond donors (Lipinski definition) is 13. The molecule has 107 heavy (non-hydrogen) atoms. The first kappa shape index (κ1) is 72.3. The van der Waals surface area contributed by atoms with Gasteiger partial charge < -0.3 is 96.3 Å². The van der Waals surface area contributed by atoms with E-state index in [1.807, 2.05) is 0 Å². The van der Waals surface area contributed by atoms with Gasteiger partial charge in [-0.25, -0.2) is 14.4 Å². The lowest BCUT2D eigenvalue weighted by atomic mass is 9.89. The molecule has 0 saturated heterocycles. The maximum Gasteiger partial charge on any atom is 0.408 e. The minimum Gasteiger partial charge on any atom is -0.508 e. The predicted molar refractivity (Wildman–Crippen MR) is 378 cm³/mol. The van der Waals surface area contributed by atoms with Gasteiger partial charge in [0.05, 0.1) is 15.6 Å². The number of alkyl carbamates (subject to hydrolysis) is 1. The number of aromatic hydroxyl groups is 5. The Labute approximate surface area is 617 Å². The first-order valence-corrected chi connectivity index (χ1v) is 33.7. The summed E-state index contributed by atoms with van der Waals surface area (Å²) < 4.78 is 37.0. The summed E-state index contributed by atoms with van der Waals surface area (Å²) in [6, 6.07) is 23.9. The molecule has 0 unspecified atom stereocenters. The Balaban J connectivity index is 1.02. The molecule has 6 aliphatic rings. The van der Waals surface area contributed by atoms with Crippen molar-refractivity contribution in [3.63, 3.8) is 0 Å². The normalized spacial score (nSPS) is 19.8. The van der Waals surface area contributed by atoms with Crippen molar-refractivity contribution in [2.75, 3.05) is 0 Å². The van der Waals surface area contributed by atoms with Crippen molar-refractivity contribution in [3.05, 3.63) is 236 Å². The minimum absolute atomic E-state index is 0.00777. The highest BCUT2D eigenvalue weighted by atomic mass is 35.5. The zero-order valence-electron chi connectivity index (χ0n) is 56.3. The van der Waals surface area contributed by atoms with Crippen LogP contribution in [-0.4, -0.2) is 102 Å². The van der Waals surface area contributed by atoms with E-state index < -0.39 is 159 Å². The maximum absolute atomic E-state index is 16.3. The second kappa shape index (κ2) is 29.6. The Morgan fingerprint density at radius 2 is 1.11 bits per heavy atom. The number of rotatable bonds is 6. The fraction of sp³-hybridized carbons (Fsp3) is 0.182. The molecule has 6 aliphatic heterocycles. The number of aliphatic hydroxyl groups excluding tert-OH is 1. The van der Waals surface area contributed by atoms with E-state index in [4.69, 9.17) is 51.6 Å². The largest absolute Gasteiger partial charge is 0.508 e. The monoisotopic (exact) mass is 1490 g/mol. The number of carbonyl (C=O) groups excluding carboxylic acids is 9. The van der Waals surface area contributed by atoms with Crippen LogP contribution in [0.3, 0.4) is 0 Å². The molecule has 9 aromatic rings. The van der Waals surface area contributed by atoms with Gasteiger partial charge in [-0.1, -0.05) is 96.0 Å². The Hall–Kier alpha value is -13.1. The van der Waals surface area contributed by atoms with E-state index in [1.54, 1.807) is 57.2 Å². The lowest BCUT2D eigenvalue weighted by molar-refractivity contribution is -0.144. The van der Waals surface area contributed by atoms with E-state index in [0.717, 1.165) is 54.6 Å².